The lowest BCUT2D eigenvalue weighted by molar-refractivity contribution is -0.133. The lowest BCUT2D eigenvalue weighted by Gasteiger charge is -2.21. The molecule has 5 nitrogen and oxygen atoms in total. The maximum absolute atomic E-state index is 12.6. The summed E-state index contributed by atoms with van der Waals surface area (Å²) in [5, 5.41) is 13.8. The largest absolute Gasteiger partial charge is 0.496 e. The second-order valence-electron chi connectivity index (χ2n) is 5.42. The molecule has 1 aliphatic rings. The first kappa shape index (κ1) is 16.8. The molecular weight excluding hydrogens is 353 g/mol. The van der Waals surface area contributed by atoms with Crippen LogP contribution < -0.4 is 10.1 Å². The Morgan fingerprint density at radius 3 is 2.71 bits per heavy atom. The van der Waals surface area contributed by atoms with Crippen LogP contribution in [0.2, 0.25) is 10.0 Å². The van der Waals surface area contributed by atoms with Gasteiger partial charge in [-0.3, -0.25) is 9.59 Å². The number of carbonyl (C=O) groups is 2. The van der Waals surface area contributed by atoms with Crippen LogP contribution in [0, 0.1) is 0 Å². The van der Waals surface area contributed by atoms with Crippen molar-refractivity contribution in [1.29, 1.82) is 0 Å². The van der Waals surface area contributed by atoms with Gasteiger partial charge in [-0.05, 0) is 24.3 Å². The Balaban J connectivity index is 2.01. The fourth-order valence-corrected chi connectivity index (χ4v) is 3.45. The Kier molecular flexibility index (Phi) is 4.25. The number of fused-ring (bicyclic) bond motifs is 1. The molecule has 7 heteroatoms. The van der Waals surface area contributed by atoms with Crippen molar-refractivity contribution in [3.8, 4) is 5.75 Å². The first-order valence-electron chi connectivity index (χ1n) is 7.06. The summed E-state index contributed by atoms with van der Waals surface area (Å²) >= 11 is 12.0. The Hall–Kier alpha value is -2.08. The first-order valence-corrected chi connectivity index (χ1v) is 7.82. The Bertz CT molecular complexity index is 852. The van der Waals surface area contributed by atoms with E-state index in [0.29, 0.717) is 16.5 Å². The number of aliphatic hydroxyl groups is 1. The van der Waals surface area contributed by atoms with Crippen LogP contribution in [0.4, 0.5) is 5.69 Å². The summed E-state index contributed by atoms with van der Waals surface area (Å²) in [6.07, 6.45) is -0.465. The third-order valence-electron chi connectivity index (χ3n) is 3.92. The number of halogens is 2. The van der Waals surface area contributed by atoms with Crippen LogP contribution in [0.5, 0.6) is 5.75 Å². The summed E-state index contributed by atoms with van der Waals surface area (Å²) < 4.78 is 5.15. The minimum Gasteiger partial charge on any atom is -0.496 e. The number of rotatable bonds is 4. The Morgan fingerprint density at radius 1 is 1.29 bits per heavy atom. The molecule has 2 aromatic carbocycles. The molecule has 0 bridgehead atoms. The van der Waals surface area contributed by atoms with Gasteiger partial charge in [0.2, 0.25) is 0 Å². The molecule has 0 aliphatic carbocycles. The topological polar surface area (TPSA) is 75.6 Å². The van der Waals surface area contributed by atoms with E-state index in [0.717, 1.165) is 0 Å². The van der Waals surface area contributed by atoms with Crippen molar-refractivity contribution in [3.63, 3.8) is 0 Å². The monoisotopic (exact) mass is 365 g/mol. The fourth-order valence-electron chi connectivity index (χ4n) is 2.80. The summed E-state index contributed by atoms with van der Waals surface area (Å²) in [6.45, 7) is 0. The van der Waals surface area contributed by atoms with E-state index >= 15 is 0 Å². The zero-order chi connectivity index (χ0) is 17.5. The van der Waals surface area contributed by atoms with Gasteiger partial charge in [0.05, 0.1) is 29.8 Å². The predicted octanol–water partition coefficient (Wildman–Crippen LogP) is 3.41. The van der Waals surface area contributed by atoms with Crippen molar-refractivity contribution in [2.45, 2.75) is 12.0 Å². The van der Waals surface area contributed by atoms with Crippen LogP contribution in [-0.4, -0.2) is 23.9 Å². The number of Topliss-reactive ketones (excluding diaryl/α,β-unsaturated/α-hetero) is 1. The highest BCUT2D eigenvalue weighted by Crippen LogP contribution is 2.45. The van der Waals surface area contributed by atoms with Gasteiger partial charge in [-0.15, -0.1) is 0 Å². The van der Waals surface area contributed by atoms with E-state index in [1.54, 1.807) is 24.3 Å². The second kappa shape index (κ2) is 6.09. The van der Waals surface area contributed by atoms with E-state index < -0.39 is 23.7 Å². The molecule has 1 amide bonds. The average molecular weight is 366 g/mol. The Labute approximate surface area is 148 Å². The molecule has 3 rings (SSSR count). The van der Waals surface area contributed by atoms with Crippen molar-refractivity contribution in [2.24, 2.45) is 0 Å². The van der Waals surface area contributed by atoms with Gasteiger partial charge in [-0.1, -0.05) is 35.3 Å². The Morgan fingerprint density at radius 2 is 2.00 bits per heavy atom. The van der Waals surface area contributed by atoms with Crippen LogP contribution in [0.1, 0.15) is 22.3 Å². The van der Waals surface area contributed by atoms with Crippen LogP contribution in [0.3, 0.4) is 0 Å². The van der Waals surface area contributed by atoms with Gasteiger partial charge in [0.15, 0.2) is 11.4 Å². The number of hydrogen-bond acceptors (Lipinski definition) is 4. The smallest absolute Gasteiger partial charge is 0.261 e. The van der Waals surface area contributed by atoms with E-state index in [1.165, 1.54) is 19.2 Å². The minimum absolute atomic E-state index is 0.117. The van der Waals surface area contributed by atoms with Crippen molar-refractivity contribution >= 4 is 40.6 Å². The number of carbonyl (C=O) groups excluding carboxylic acids is 2. The van der Waals surface area contributed by atoms with E-state index in [2.05, 4.69) is 5.32 Å². The zero-order valence-electron chi connectivity index (χ0n) is 12.6. The fraction of sp³-hybridized carbons (Fsp3) is 0.176. The van der Waals surface area contributed by atoms with Crippen molar-refractivity contribution in [2.75, 3.05) is 12.4 Å². The number of amides is 1. The molecule has 0 spiro atoms. The number of ketones is 1. The SMILES string of the molecule is COc1ccccc1C(=O)C[C@]1(O)C(=O)Nc2cc(Cl)cc(Cl)c21. The summed E-state index contributed by atoms with van der Waals surface area (Å²) in [5.41, 5.74) is -1.33. The van der Waals surface area contributed by atoms with Crippen molar-refractivity contribution in [3.05, 3.63) is 57.6 Å². The molecule has 0 saturated heterocycles. The third kappa shape index (κ3) is 2.65. The number of anilines is 1. The number of para-hydroxylation sites is 1. The molecule has 0 fully saturated rings. The summed E-state index contributed by atoms with van der Waals surface area (Å²) in [4.78, 5) is 24.9. The lowest BCUT2D eigenvalue weighted by Crippen LogP contribution is -2.36. The van der Waals surface area contributed by atoms with Gasteiger partial charge in [-0.25, -0.2) is 0 Å². The molecule has 2 N–H and O–H groups in total. The minimum atomic E-state index is -2.06. The summed E-state index contributed by atoms with van der Waals surface area (Å²) in [5.74, 6) is -0.791. The summed E-state index contributed by atoms with van der Waals surface area (Å²) in [6, 6.07) is 9.50. The van der Waals surface area contributed by atoms with Crippen molar-refractivity contribution < 1.29 is 19.4 Å². The van der Waals surface area contributed by atoms with Crippen molar-refractivity contribution in [1.82, 2.24) is 0 Å². The molecule has 0 aromatic heterocycles. The highest BCUT2D eigenvalue weighted by atomic mass is 35.5. The lowest BCUT2D eigenvalue weighted by atomic mass is 9.88. The number of nitrogens with one attached hydrogen (secondary N) is 1. The van der Waals surface area contributed by atoms with Gasteiger partial charge in [0.25, 0.3) is 5.91 Å². The highest BCUT2D eigenvalue weighted by Gasteiger charge is 2.48. The molecule has 0 radical (unpaired) electrons. The van der Waals surface area contributed by atoms with E-state index in [1.807, 2.05) is 0 Å². The molecular formula is C17H13Cl2NO4. The van der Waals surface area contributed by atoms with Crippen LogP contribution >= 0.6 is 23.2 Å². The third-order valence-corrected chi connectivity index (χ3v) is 4.43. The van der Waals surface area contributed by atoms with Gasteiger partial charge >= 0.3 is 0 Å². The number of hydrogen-bond donors (Lipinski definition) is 2. The molecule has 124 valence electrons. The van der Waals surface area contributed by atoms with Gasteiger partial charge < -0.3 is 15.2 Å². The molecule has 1 aliphatic heterocycles. The van der Waals surface area contributed by atoms with Gasteiger partial charge in [0, 0.05) is 10.6 Å². The second-order valence-corrected chi connectivity index (χ2v) is 6.27. The number of ether oxygens (including phenoxy) is 1. The van der Waals surface area contributed by atoms with Crippen LogP contribution in [-0.2, 0) is 10.4 Å². The normalized spacial score (nSPS) is 18.9. The summed E-state index contributed by atoms with van der Waals surface area (Å²) in [7, 11) is 1.44. The number of benzene rings is 2. The van der Waals surface area contributed by atoms with Gasteiger partial charge in [-0.2, -0.15) is 0 Å². The number of methoxy groups -OCH3 is 1. The predicted molar refractivity (Wildman–Crippen MR) is 90.9 cm³/mol. The highest BCUT2D eigenvalue weighted by molar-refractivity contribution is 6.36. The maximum atomic E-state index is 12.6. The molecule has 0 saturated carbocycles. The molecule has 24 heavy (non-hydrogen) atoms. The molecule has 1 heterocycles. The van der Waals surface area contributed by atoms with E-state index in [9.17, 15) is 14.7 Å². The van der Waals surface area contributed by atoms with Crippen LogP contribution in [0.15, 0.2) is 36.4 Å². The van der Waals surface area contributed by atoms with Gasteiger partial charge in [0.1, 0.15) is 5.75 Å². The molecule has 1 atom stereocenters. The maximum Gasteiger partial charge on any atom is 0.261 e. The average Bonchev–Trinajstić information content (AvgIpc) is 2.77. The quantitative estimate of drug-likeness (QED) is 0.814. The zero-order valence-corrected chi connectivity index (χ0v) is 14.1. The van der Waals surface area contributed by atoms with Crippen LogP contribution in [0.25, 0.3) is 0 Å². The molecule has 0 unspecified atom stereocenters. The molecule has 2 aromatic rings. The van der Waals surface area contributed by atoms with E-state index in [-0.39, 0.29) is 16.1 Å². The van der Waals surface area contributed by atoms with E-state index in [4.69, 9.17) is 27.9 Å². The first-order chi connectivity index (χ1) is 11.4. The standard InChI is InChI=1S/C17H13Cl2NO4/c1-24-14-5-3-2-4-10(14)13(21)8-17(23)15-11(19)6-9(18)7-12(15)20-16(17)22/h2-7,23H,8H2,1H3,(H,20,22)/t17-/m1/s1.